The molecule has 0 spiro atoms. The van der Waals surface area contributed by atoms with E-state index in [1.54, 1.807) is 0 Å². The Labute approximate surface area is 133 Å². The van der Waals surface area contributed by atoms with Crippen LogP contribution in [-0.4, -0.2) is 12.1 Å². The first-order valence-corrected chi connectivity index (χ1v) is 7.78. The van der Waals surface area contributed by atoms with Crippen LogP contribution in [0.15, 0.2) is 86.0 Å². The first-order chi connectivity index (χ1) is 10.8. The van der Waals surface area contributed by atoms with Gasteiger partial charge >= 0.3 is 0 Å². The maximum absolute atomic E-state index is 4.04. The molecular weight excluding hydrogens is 268 g/mol. The molecule has 3 rings (SSSR count). The van der Waals surface area contributed by atoms with Gasteiger partial charge in [0.05, 0.1) is 23.5 Å². The molecule has 2 aromatic carbocycles. The molecule has 2 aromatic rings. The molecule has 2 nitrogen and oxygen atoms in total. The van der Waals surface area contributed by atoms with Crippen LogP contribution in [0, 0.1) is 0 Å². The fraction of sp³-hybridized carbons (Fsp3) is 0.200. The lowest BCUT2D eigenvalue weighted by Crippen LogP contribution is -2.57. The van der Waals surface area contributed by atoms with Gasteiger partial charge in [-0.25, -0.2) is 0 Å². The lowest BCUT2D eigenvalue weighted by molar-refractivity contribution is 0.462. The predicted molar refractivity (Wildman–Crippen MR) is 95.0 cm³/mol. The van der Waals surface area contributed by atoms with Crippen molar-refractivity contribution in [3.8, 4) is 0 Å². The predicted octanol–water partition coefficient (Wildman–Crippen LogP) is 4.82. The second kappa shape index (κ2) is 6.52. The highest BCUT2D eigenvalue weighted by Gasteiger charge is 2.33. The van der Waals surface area contributed by atoms with Crippen LogP contribution in [0.5, 0.6) is 0 Å². The van der Waals surface area contributed by atoms with Crippen molar-refractivity contribution in [2.45, 2.75) is 24.9 Å². The number of benzene rings is 2. The molecule has 0 aliphatic carbocycles. The molecule has 1 heterocycles. The Hall–Kier alpha value is -2.48. The number of para-hydroxylation sites is 2. The minimum atomic E-state index is 0.291. The molecule has 0 saturated carbocycles. The van der Waals surface area contributed by atoms with Gasteiger partial charge in [-0.15, -0.1) is 13.2 Å². The lowest BCUT2D eigenvalue weighted by atomic mass is 10.00. The third-order valence-electron chi connectivity index (χ3n) is 4.20. The van der Waals surface area contributed by atoms with Crippen LogP contribution in [0.4, 0.5) is 11.4 Å². The van der Waals surface area contributed by atoms with Gasteiger partial charge in [0, 0.05) is 0 Å². The number of nitrogens with zero attached hydrogens (tertiary/aromatic N) is 2. The lowest BCUT2D eigenvalue weighted by Gasteiger charge is -2.49. The van der Waals surface area contributed by atoms with E-state index in [4.69, 9.17) is 0 Å². The molecule has 1 aliphatic heterocycles. The molecule has 2 unspecified atom stereocenters. The SMILES string of the molecule is C=CC1CCC(C=C)N(c2ccccc2)N1c1ccccc1. The van der Waals surface area contributed by atoms with E-state index in [2.05, 4.69) is 71.7 Å². The van der Waals surface area contributed by atoms with E-state index in [0.29, 0.717) is 12.1 Å². The Morgan fingerprint density at radius 3 is 1.36 bits per heavy atom. The van der Waals surface area contributed by atoms with Crippen LogP contribution in [-0.2, 0) is 0 Å². The van der Waals surface area contributed by atoms with E-state index in [9.17, 15) is 0 Å². The second-order valence-corrected chi connectivity index (χ2v) is 5.54. The Kier molecular flexibility index (Phi) is 4.29. The van der Waals surface area contributed by atoms with E-state index in [0.717, 1.165) is 12.8 Å². The number of hydrogen-bond donors (Lipinski definition) is 0. The molecule has 112 valence electrons. The van der Waals surface area contributed by atoms with Crippen LogP contribution in [0.2, 0.25) is 0 Å². The molecule has 0 amide bonds. The Balaban J connectivity index is 2.09. The van der Waals surface area contributed by atoms with E-state index in [1.807, 2.05) is 24.3 Å². The van der Waals surface area contributed by atoms with Crippen molar-refractivity contribution in [2.24, 2.45) is 0 Å². The summed E-state index contributed by atoms with van der Waals surface area (Å²) >= 11 is 0. The summed E-state index contributed by atoms with van der Waals surface area (Å²) in [6.45, 7) is 8.09. The third kappa shape index (κ3) is 2.64. The van der Waals surface area contributed by atoms with Gasteiger partial charge in [-0.1, -0.05) is 48.6 Å². The molecule has 0 bridgehead atoms. The van der Waals surface area contributed by atoms with Gasteiger partial charge in [-0.3, -0.25) is 10.0 Å². The summed E-state index contributed by atoms with van der Waals surface area (Å²) in [7, 11) is 0. The summed E-state index contributed by atoms with van der Waals surface area (Å²) in [5.74, 6) is 0. The molecule has 2 heteroatoms. The summed E-state index contributed by atoms with van der Waals surface area (Å²) in [4.78, 5) is 0. The van der Waals surface area contributed by atoms with Gasteiger partial charge < -0.3 is 0 Å². The molecule has 1 fully saturated rings. The van der Waals surface area contributed by atoms with E-state index in [-0.39, 0.29) is 0 Å². The van der Waals surface area contributed by atoms with E-state index in [1.165, 1.54) is 11.4 Å². The highest BCUT2D eigenvalue weighted by molar-refractivity contribution is 5.61. The second-order valence-electron chi connectivity index (χ2n) is 5.54. The number of anilines is 2. The van der Waals surface area contributed by atoms with Gasteiger partial charge in [-0.2, -0.15) is 0 Å². The van der Waals surface area contributed by atoms with Gasteiger partial charge in [0.15, 0.2) is 0 Å². The van der Waals surface area contributed by atoms with Crippen molar-refractivity contribution in [1.82, 2.24) is 0 Å². The highest BCUT2D eigenvalue weighted by Crippen LogP contribution is 2.34. The molecule has 0 N–H and O–H groups in total. The van der Waals surface area contributed by atoms with Gasteiger partial charge in [0.1, 0.15) is 0 Å². The standard InChI is InChI=1S/C20H22N2/c1-3-17-15-16-18(4-2)22(20-13-9-6-10-14-20)21(17)19-11-7-5-8-12-19/h3-14,17-18H,1-2,15-16H2. The molecular formula is C20H22N2. The van der Waals surface area contributed by atoms with E-state index >= 15 is 0 Å². The van der Waals surface area contributed by atoms with Crippen molar-refractivity contribution >= 4 is 11.4 Å². The van der Waals surface area contributed by atoms with Crippen LogP contribution in [0.1, 0.15) is 12.8 Å². The number of hydrazine groups is 1. The van der Waals surface area contributed by atoms with Crippen molar-refractivity contribution in [3.63, 3.8) is 0 Å². The largest absolute Gasteiger partial charge is 0.278 e. The van der Waals surface area contributed by atoms with Crippen LogP contribution in [0.25, 0.3) is 0 Å². The Morgan fingerprint density at radius 1 is 0.682 bits per heavy atom. The zero-order valence-corrected chi connectivity index (χ0v) is 12.8. The molecule has 22 heavy (non-hydrogen) atoms. The monoisotopic (exact) mass is 290 g/mol. The Bertz CT molecular complexity index is 563. The fourth-order valence-corrected chi connectivity index (χ4v) is 3.13. The Morgan fingerprint density at radius 2 is 1.05 bits per heavy atom. The summed E-state index contributed by atoms with van der Waals surface area (Å²) < 4.78 is 0. The van der Waals surface area contributed by atoms with Crippen molar-refractivity contribution in [3.05, 3.63) is 86.0 Å². The maximum Gasteiger partial charge on any atom is 0.0685 e. The minimum absolute atomic E-state index is 0.291. The smallest absolute Gasteiger partial charge is 0.0685 e. The zero-order valence-electron chi connectivity index (χ0n) is 12.8. The zero-order chi connectivity index (χ0) is 15.4. The summed E-state index contributed by atoms with van der Waals surface area (Å²) in [5.41, 5.74) is 2.37. The van der Waals surface area contributed by atoms with Crippen molar-refractivity contribution < 1.29 is 0 Å². The summed E-state index contributed by atoms with van der Waals surface area (Å²) in [6, 6.07) is 21.6. The number of rotatable bonds is 4. The van der Waals surface area contributed by atoms with E-state index < -0.39 is 0 Å². The molecule has 0 radical (unpaired) electrons. The normalized spacial score (nSPS) is 21.5. The molecule has 0 aromatic heterocycles. The minimum Gasteiger partial charge on any atom is -0.278 e. The maximum atomic E-state index is 4.04. The first kappa shape index (κ1) is 14.5. The summed E-state index contributed by atoms with van der Waals surface area (Å²) in [6.07, 6.45) is 6.25. The molecule has 1 saturated heterocycles. The highest BCUT2D eigenvalue weighted by atomic mass is 15.7. The molecule has 2 atom stereocenters. The average molecular weight is 290 g/mol. The van der Waals surface area contributed by atoms with Crippen LogP contribution in [0.3, 0.4) is 0 Å². The van der Waals surface area contributed by atoms with Crippen LogP contribution < -0.4 is 10.0 Å². The topological polar surface area (TPSA) is 6.48 Å². The third-order valence-corrected chi connectivity index (χ3v) is 4.20. The first-order valence-electron chi connectivity index (χ1n) is 7.78. The summed E-state index contributed by atoms with van der Waals surface area (Å²) in [5, 5.41) is 4.69. The van der Waals surface area contributed by atoms with Gasteiger partial charge in [0.2, 0.25) is 0 Å². The fourth-order valence-electron chi connectivity index (χ4n) is 3.13. The average Bonchev–Trinajstić information content (AvgIpc) is 2.61. The van der Waals surface area contributed by atoms with Crippen molar-refractivity contribution in [2.75, 3.05) is 10.0 Å². The molecule has 1 aliphatic rings. The van der Waals surface area contributed by atoms with Gasteiger partial charge in [0.25, 0.3) is 0 Å². The van der Waals surface area contributed by atoms with Gasteiger partial charge in [-0.05, 0) is 37.1 Å². The quantitative estimate of drug-likeness (QED) is 0.745. The number of hydrogen-bond acceptors (Lipinski definition) is 2. The van der Waals surface area contributed by atoms with Crippen molar-refractivity contribution in [1.29, 1.82) is 0 Å². The van der Waals surface area contributed by atoms with Crippen LogP contribution >= 0.6 is 0 Å².